The van der Waals surface area contributed by atoms with Crippen LogP contribution in [0.15, 0.2) is 46.2 Å². The zero-order valence-corrected chi connectivity index (χ0v) is 28.6. The third-order valence-electron chi connectivity index (χ3n) is 6.16. The minimum atomic E-state index is -4.88. The van der Waals surface area contributed by atoms with Crippen LogP contribution in [0.4, 0.5) is 35.2 Å². The standard InChI is InChI=1S/C26H24Cl2N10O10S2/c1-37(11-19(39)40)25-33-21(27)31-23(35-25)29-15-7-5-13(17(9-15)49(43,44)45)3-4-14-6-8-16(10-18(14)50(46,47)48)30-24-32-22(28)34-26(36-24)38(2)12-20(41)42/h3-10H,11-12H2,1-2H3,(H,39,40)(H,41,42)(H,43,44,45)(H,46,47,48)(H,29,31,33,35)(H,30,32,34,36)/b4-3+. The minimum absolute atomic E-state index is 0.0497. The average Bonchev–Trinajstić information content (AvgIpc) is 2.98. The van der Waals surface area contributed by atoms with Crippen molar-refractivity contribution >= 4 is 103 Å². The number of nitrogens with zero attached hydrogens (tertiary/aromatic N) is 8. The lowest BCUT2D eigenvalue weighted by Crippen LogP contribution is -2.27. The number of hydrogen-bond acceptors (Lipinski definition) is 16. The van der Waals surface area contributed by atoms with Crippen molar-refractivity contribution in [3.8, 4) is 0 Å². The highest BCUT2D eigenvalue weighted by Crippen LogP contribution is 2.28. The Morgan fingerprint density at radius 3 is 1.36 bits per heavy atom. The summed E-state index contributed by atoms with van der Waals surface area (Å²) in [6, 6.07) is 7.29. The molecule has 0 unspecified atom stereocenters. The molecular formula is C26H24Cl2N10O10S2. The van der Waals surface area contributed by atoms with Gasteiger partial charge in [0, 0.05) is 25.5 Å². The lowest BCUT2D eigenvalue weighted by molar-refractivity contribution is -0.136. The van der Waals surface area contributed by atoms with Crippen molar-refractivity contribution in [2.75, 3.05) is 47.6 Å². The van der Waals surface area contributed by atoms with Crippen LogP contribution in [0.2, 0.25) is 10.6 Å². The van der Waals surface area contributed by atoms with E-state index in [1.54, 1.807) is 0 Å². The molecule has 20 nitrogen and oxygen atoms in total. The molecule has 0 saturated heterocycles. The fourth-order valence-electron chi connectivity index (χ4n) is 4.06. The number of rotatable bonds is 14. The van der Waals surface area contributed by atoms with Gasteiger partial charge in [-0.3, -0.25) is 18.7 Å². The maximum Gasteiger partial charge on any atom is 0.323 e. The molecule has 2 aromatic heterocycles. The second kappa shape index (κ2) is 15.1. The molecular weight excluding hydrogens is 747 g/mol. The number of anilines is 6. The van der Waals surface area contributed by atoms with Crippen LogP contribution in [0.1, 0.15) is 11.1 Å². The Balaban J connectivity index is 1.65. The van der Waals surface area contributed by atoms with E-state index in [0.717, 1.165) is 12.1 Å². The fourth-order valence-corrected chi connectivity index (χ4v) is 5.79. The number of benzene rings is 2. The molecule has 0 bridgehead atoms. The Morgan fingerprint density at radius 1 is 0.680 bits per heavy atom. The van der Waals surface area contributed by atoms with Gasteiger partial charge in [0.15, 0.2) is 0 Å². The number of carboxylic acid groups (broad SMARTS) is 2. The summed E-state index contributed by atoms with van der Waals surface area (Å²) in [6.07, 6.45) is 2.33. The van der Waals surface area contributed by atoms with Gasteiger partial charge in [0.1, 0.15) is 22.9 Å². The van der Waals surface area contributed by atoms with Crippen LogP contribution in [0.25, 0.3) is 12.2 Å². The van der Waals surface area contributed by atoms with Crippen LogP contribution >= 0.6 is 23.2 Å². The molecule has 0 aliphatic rings. The van der Waals surface area contributed by atoms with E-state index in [1.165, 1.54) is 60.3 Å². The highest BCUT2D eigenvalue weighted by molar-refractivity contribution is 7.86. The predicted octanol–water partition coefficient (Wildman–Crippen LogP) is 2.56. The number of likely N-dealkylation sites (N-methyl/N-ethyl adjacent to an activating group) is 2. The quantitative estimate of drug-likeness (QED) is 0.0793. The molecule has 0 spiro atoms. The molecule has 4 aromatic rings. The first-order chi connectivity index (χ1) is 23.3. The van der Waals surface area contributed by atoms with Gasteiger partial charge in [0.05, 0.1) is 0 Å². The smallest absolute Gasteiger partial charge is 0.323 e. The molecule has 4 rings (SSSR count). The molecule has 0 radical (unpaired) electrons. The first-order valence-electron chi connectivity index (χ1n) is 13.4. The zero-order valence-electron chi connectivity index (χ0n) is 25.4. The maximum atomic E-state index is 12.3. The molecule has 0 saturated carbocycles. The number of carboxylic acids is 2. The van der Waals surface area contributed by atoms with Crippen LogP contribution in [-0.2, 0) is 29.8 Å². The summed E-state index contributed by atoms with van der Waals surface area (Å²) in [6.45, 7) is -0.926. The lowest BCUT2D eigenvalue weighted by Gasteiger charge is -2.15. The Morgan fingerprint density at radius 2 is 1.04 bits per heavy atom. The van der Waals surface area contributed by atoms with Crippen molar-refractivity contribution in [3.05, 3.63) is 58.1 Å². The summed E-state index contributed by atoms with van der Waals surface area (Å²) in [5.74, 6) is -2.91. The van der Waals surface area contributed by atoms with Gasteiger partial charge in [0.2, 0.25) is 34.4 Å². The Labute approximate surface area is 293 Å². The molecule has 0 fully saturated rings. The largest absolute Gasteiger partial charge is 0.480 e. The van der Waals surface area contributed by atoms with Gasteiger partial charge >= 0.3 is 11.9 Å². The number of aliphatic carboxylic acids is 2. The number of aromatic nitrogens is 6. The normalized spacial score (nSPS) is 11.7. The van der Waals surface area contributed by atoms with Crippen LogP contribution in [0, 0.1) is 0 Å². The lowest BCUT2D eigenvalue weighted by atomic mass is 10.1. The predicted molar refractivity (Wildman–Crippen MR) is 179 cm³/mol. The first-order valence-corrected chi connectivity index (χ1v) is 17.1. The van der Waals surface area contributed by atoms with Gasteiger partial charge in [-0.05, 0) is 58.6 Å². The van der Waals surface area contributed by atoms with Crippen molar-refractivity contribution in [2.45, 2.75) is 9.79 Å². The first kappa shape index (κ1) is 37.6. The molecule has 0 amide bonds. The minimum Gasteiger partial charge on any atom is -0.480 e. The summed E-state index contributed by atoms with van der Waals surface area (Å²) in [7, 11) is -6.98. The second-order valence-electron chi connectivity index (χ2n) is 9.99. The van der Waals surface area contributed by atoms with Crippen molar-refractivity contribution in [3.63, 3.8) is 0 Å². The maximum absolute atomic E-state index is 12.3. The van der Waals surface area contributed by atoms with Crippen LogP contribution in [0.5, 0.6) is 0 Å². The SMILES string of the molecule is CN(CC(=O)O)c1nc(Cl)nc(Nc2ccc(/C=C/c3ccc(Nc4nc(Cl)nc(N(C)CC(=O)O)n4)cc3S(=O)(=O)O)c(S(=O)(=O)O)c2)n1. The van der Waals surface area contributed by atoms with E-state index in [0.29, 0.717) is 0 Å². The number of nitrogens with one attached hydrogen (secondary N) is 2. The fraction of sp³-hybridized carbons (Fsp3) is 0.154. The third kappa shape index (κ3) is 10.1. The van der Waals surface area contributed by atoms with Gasteiger partial charge in [-0.25, -0.2) is 0 Å². The van der Waals surface area contributed by atoms with Crippen molar-refractivity contribution in [1.82, 2.24) is 29.9 Å². The molecule has 0 aliphatic carbocycles. The van der Waals surface area contributed by atoms with Gasteiger partial charge in [-0.15, -0.1) is 0 Å². The Kier molecular flexibility index (Phi) is 11.3. The molecule has 2 heterocycles. The number of carbonyl (C=O) groups is 2. The van der Waals surface area contributed by atoms with Crippen LogP contribution in [-0.4, -0.2) is 105 Å². The molecule has 6 N–H and O–H groups in total. The van der Waals surface area contributed by atoms with Gasteiger partial charge < -0.3 is 30.6 Å². The van der Waals surface area contributed by atoms with Gasteiger partial charge in [-0.2, -0.15) is 46.7 Å². The topological polar surface area (TPSA) is 291 Å². The summed E-state index contributed by atoms with van der Waals surface area (Å²) in [5, 5.41) is 22.8. The van der Waals surface area contributed by atoms with E-state index in [1.807, 2.05) is 0 Å². The molecule has 0 aliphatic heterocycles. The third-order valence-corrected chi connectivity index (χ3v) is 8.31. The number of hydrogen-bond donors (Lipinski definition) is 6. The average molecular weight is 772 g/mol. The second-order valence-corrected chi connectivity index (χ2v) is 13.5. The molecule has 2 aromatic carbocycles. The highest BCUT2D eigenvalue weighted by Gasteiger charge is 2.20. The van der Waals surface area contributed by atoms with E-state index < -0.39 is 55.1 Å². The Hall–Kier alpha value is -5.26. The summed E-state index contributed by atoms with van der Waals surface area (Å²) in [5.41, 5.74) is -0.104. The molecule has 50 heavy (non-hydrogen) atoms. The van der Waals surface area contributed by atoms with E-state index in [9.17, 15) is 35.5 Å². The summed E-state index contributed by atoms with van der Waals surface area (Å²) < 4.78 is 69.2. The van der Waals surface area contributed by atoms with E-state index in [4.69, 9.17) is 33.4 Å². The Bertz CT molecular complexity index is 2070. The van der Waals surface area contributed by atoms with Crippen LogP contribution < -0.4 is 20.4 Å². The van der Waals surface area contributed by atoms with Crippen molar-refractivity contribution < 1.29 is 45.7 Å². The van der Waals surface area contributed by atoms with E-state index >= 15 is 0 Å². The van der Waals surface area contributed by atoms with Crippen LogP contribution in [0.3, 0.4) is 0 Å². The summed E-state index contributed by atoms with van der Waals surface area (Å²) in [4.78, 5) is 46.8. The van der Waals surface area contributed by atoms with Crippen molar-refractivity contribution in [1.29, 1.82) is 0 Å². The van der Waals surface area contributed by atoms with Crippen molar-refractivity contribution in [2.24, 2.45) is 0 Å². The van der Waals surface area contributed by atoms with E-state index in [-0.39, 0.29) is 56.9 Å². The zero-order chi connectivity index (χ0) is 37.0. The molecule has 24 heteroatoms. The van der Waals surface area contributed by atoms with E-state index in [2.05, 4.69) is 40.5 Å². The molecule has 264 valence electrons. The monoisotopic (exact) mass is 770 g/mol. The molecule has 0 atom stereocenters. The highest BCUT2D eigenvalue weighted by atomic mass is 35.5. The number of halogens is 2. The van der Waals surface area contributed by atoms with Gasteiger partial charge in [-0.1, -0.05) is 24.3 Å². The van der Waals surface area contributed by atoms with Gasteiger partial charge in [0.25, 0.3) is 20.2 Å². The summed E-state index contributed by atoms with van der Waals surface area (Å²) >= 11 is 11.9.